The van der Waals surface area contributed by atoms with Crippen molar-refractivity contribution < 1.29 is 0 Å². The molecule has 0 aromatic heterocycles. The third-order valence-electron chi connectivity index (χ3n) is 3.07. The Morgan fingerprint density at radius 3 is 1.80 bits per heavy atom. The molecule has 5 heteroatoms. The van der Waals surface area contributed by atoms with Gasteiger partial charge in [0.25, 0.3) is 5.27 Å². The zero-order valence-corrected chi connectivity index (χ0v) is 15.0. The van der Waals surface area contributed by atoms with Gasteiger partial charge in [0.2, 0.25) is 0 Å². The predicted molar refractivity (Wildman–Crippen MR) is 87.0 cm³/mol. The summed E-state index contributed by atoms with van der Waals surface area (Å²) in [4.78, 5) is 1.21. The minimum absolute atomic E-state index is 0.592. The van der Waals surface area contributed by atoms with Crippen molar-refractivity contribution in [1.82, 2.24) is 0 Å². The van der Waals surface area contributed by atoms with Gasteiger partial charge in [-0.2, -0.15) is 23.2 Å². The molecule has 0 aliphatic heterocycles. The molecule has 0 spiro atoms. The molecule has 0 N–H and O–H groups in total. The number of hydrogen-bond donors (Lipinski definition) is 0. The molecule has 0 aromatic rings. The van der Waals surface area contributed by atoms with Crippen LogP contribution in [0.15, 0.2) is 0 Å². The molecule has 0 amide bonds. The SMILES string of the molecule is CSB(C[C@@H](Br)[C@@H](C)[C@@H](C)C(C)Br)SC. The Balaban J connectivity index is 4.13. The van der Waals surface area contributed by atoms with Gasteiger partial charge in [-0.1, -0.05) is 52.6 Å². The zero-order chi connectivity index (χ0) is 12.0. The van der Waals surface area contributed by atoms with E-state index in [1.807, 2.05) is 23.2 Å². The van der Waals surface area contributed by atoms with E-state index in [0.29, 0.717) is 21.5 Å². The summed E-state index contributed by atoms with van der Waals surface area (Å²) >= 11 is 11.4. The second kappa shape index (κ2) is 8.76. The molecule has 15 heavy (non-hydrogen) atoms. The summed E-state index contributed by atoms with van der Waals surface area (Å²) in [5.74, 6) is 1.42. The molecule has 0 aromatic carbocycles. The molecule has 0 aliphatic carbocycles. The van der Waals surface area contributed by atoms with E-state index in [9.17, 15) is 0 Å². The highest BCUT2D eigenvalue weighted by molar-refractivity contribution is 9.09. The first-order valence-electron chi connectivity index (χ1n) is 5.27. The van der Waals surface area contributed by atoms with Crippen LogP contribution in [-0.2, 0) is 0 Å². The molecule has 0 bridgehead atoms. The normalized spacial score (nSPS) is 19.4. The first-order valence-corrected chi connectivity index (χ1v) is 9.68. The van der Waals surface area contributed by atoms with Crippen molar-refractivity contribution in [3.8, 4) is 0 Å². The predicted octanol–water partition coefficient (Wildman–Crippen LogP) is 5.02. The van der Waals surface area contributed by atoms with Gasteiger partial charge < -0.3 is 0 Å². The lowest BCUT2D eigenvalue weighted by Gasteiger charge is -2.27. The lowest BCUT2D eigenvalue weighted by atomic mass is 9.84. The highest BCUT2D eigenvalue weighted by atomic mass is 79.9. The van der Waals surface area contributed by atoms with Gasteiger partial charge in [-0.25, -0.2) is 0 Å². The minimum atomic E-state index is 0.592. The molecule has 0 radical (unpaired) electrons. The molecule has 0 saturated carbocycles. The van der Waals surface area contributed by atoms with Crippen LogP contribution in [0, 0.1) is 11.8 Å². The lowest BCUT2D eigenvalue weighted by molar-refractivity contribution is 0.390. The van der Waals surface area contributed by atoms with Crippen LogP contribution in [0.3, 0.4) is 0 Å². The molecule has 0 saturated heterocycles. The molecule has 0 fully saturated rings. The maximum atomic E-state index is 3.85. The Hall–Kier alpha value is 1.72. The van der Waals surface area contributed by atoms with Crippen molar-refractivity contribution in [3.05, 3.63) is 0 Å². The van der Waals surface area contributed by atoms with E-state index in [1.165, 1.54) is 6.32 Å². The third kappa shape index (κ3) is 6.28. The number of halogens is 2. The van der Waals surface area contributed by atoms with Gasteiger partial charge >= 0.3 is 0 Å². The van der Waals surface area contributed by atoms with Crippen LogP contribution >= 0.6 is 55.1 Å². The molecule has 90 valence electrons. The van der Waals surface area contributed by atoms with Gasteiger partial charge in [-0.05, 0) is 30.7 Å². The fourth-order valence-electron chi connectivity index (χ4n) is 1.43. The maximum absolute atomic E-state index is 3.85. The Labute approximate surface area is 121 Å². The fourth-order valence-corrected chi connectivity index (χ4v) is 4.84. The average molecular weight is 376 g/mol. The van der Waals surface area contributed by atoms with Crippen molar-refractivity contribution in [1.29, 1.82) is 0 Å². The van der Waals surface area contributed by atoms with Crippen LogP contribution < -0.4 is 0 Å². The van der Waals surface area contributed by atoms with E-state index in [2.05, 4.69) is 65.1 Å². The maximum Gasteiger partial charge on any atom is 0.274 e. The molecule has 0 heterocycles. The molecule has 0 aliphatic rings. The van der Waals surface area contributed by atoms with Crippen molar-refractivity contribution in [3.63, 3.8) is 0 Å². The van der Waals surface area contributed by atoms with E-state index in [0.717, 1.165) is 5.27 Å². The van der Waals surface area contributed by atoms with Gasteiger partial charge in [-0.15, -0.1) is 0 Å². The van der Waals surface area contributed by atoms with Crippen LogP contribution in [0.4, 0.5) is 0 Å². The second-order valence-corrected chi connectivity index (χ2v) is 9.05. The van der Waals surface area contributed by atoms with Crippen LogP contribution in [0.2, 0.25) is 6.32 Å². The Bertz CT molecular complexity index is 166. The summed E-state index contributed by atoms with van der Waals surface area (Å²) in [6, 6.07) is 0. The largest absolute Gasteiger partial charge is 0.274 e. The first kappa shape index (κ1) is 16.7. The monoisotopic (exact) mass is 374 g/mol. The summed E-state index contributed by atoms with van der Waals surface area (Å²) in [7, 11) is 0. The highest BCUT2D eigenvalue weighted by Crippen LogP contribution is 2.33. The Morgan fingerprint density at radius 1 is 1.00 bits per heavy atom. The molecular formula is C10H21BBr2S2. The van der Waals surface area contributed by atoms with Crippen LogP contribution in [0.1, 0.15) is 20.8 Å². The summed E-state index contributed by atoms with van der Waals surface area (Å²) in [6.07, 6.45) is 5.64. The summed E-state index contributed by atoms with van der Waals surface area (Å²) in [5, 5.41) is 0.717. The van der Waals surface area contributed by atoms with Crippen LogP contribution in [-0.4, -0.2) is 27.4 Å². The van der Waals surface area contributed by atoms with Gasteiger partial charge in [-0.3, -0.25) is 0 Å². The van der Waals surface area contributed by atoms with Gasteiger partial charge in [0, 0.05) is 9.65 Å². The van der Waals surface area contributed by atoms with Crippen molar-refractivity contribution in [2.75, 3.05) is 12.5 Å². The van der Waals surface area contributed by atoms with Crippen molar-refractivity contribution in [2.45, 2.75) is 36.7 Å². The Morgan fingerprint density at radius 2 is 1.47 bits per heavy atom. The summed E-state index contributed by atoms with van der Waals surface area (Å²) < 4.78 is 0. The van der Waals surface area contributed by atoms with E-state index < -0.39 is 0 Å². The number of rotatable bonds is 7. The summed E-state index contributed by atoms with van der Waals surface area (Å²) in [5.41, 5.74) is 0. The van der Waals surface area contributed by atoms with Crippen molar-refractivity contribution >= 4 is 60.4 Å². The molecule has 1 unspecified atom stereocenters. The molecule has 4 atom stereocenters. The smallest absolute Gasteiger partial charge is 0.199 e. The first-order chi connectivity index (χ1) is 6.93. The zero-order valence-electron chi connectivity index (χ0n) is 10.2. The van der Waals surface area contributed by atoms with Crippen LogP contribution in [0.25, 0.3) is 0 Å². The van der Waals surface area contributed by atoms with Crippen molar-refractivity contribution in [2.24, 2.45) is 11.8 Å². The third-order valence-corrected chi connectivity index (χ3v) is 7.70. The highest BCUT2D eigenvalue weighted by Gasteiger charge is 2.26. The van der Waals surface area contributed by atoms with E-state index in [-0.39, 0.29) is 0 Å². The van der Waals surface area contributed by atoms with Gasteiger partial charge in [0.15, 0.2) is 0 Å². The molecule has 0 rings (SSSR count). The minimum Gasteiger partial charge on any atom is -0.199 e. The topological polar surface area (TPSA) is 0 Å². The average Bonchev–Trinajstić information content (AvgIpc) is 2.23. The number of alkyl halides is 2. The molecule has 0 nitrogen and oxygen atoms in total. The molecular weight excluding hydrogens is 355 g/mol. The second-order valence-electron chi connectivity index (χ2n) is 4.05. The lowest BCUT2D eigenvalue weighted by Crippen LogP contribution is -2.26. The van der Waals surface area contributed by atoms with E-state index in [4.69, 9.17) is 0 Å². The van der Waals surface area contributed by atoms with Crippen LogP contribution in [0.5, 0.6) is 0 Å². The number of hydrogen-bond acceptors (Lipinski definition) is 2. The fraction of sp³-hybridized carbons (Fsp3) is 1.00. The van der Waals surface area contributed by atoms with E-state index >= 15 is 0 Å². The quantitative estimate of drug-likeness (QED) is 0.452. The standard InChI is InChI=1S/C10H21BBr2S2/c1-7(9(3)12)8(2)10(13)6-11(14-4)15-5/h7-10H,6H2,1-5H3/t7-,8+,9?,10-/m1/s1. The van der Waals surface area contributed by atoms with Gasteiger partial charge in [0.05, 0.1) is 0 Å². The van der Waals surface area contributed by atoms with Gasteiger partial charge in [0.1, 0.15) is 0 Å². The summed E-state index contributed by atoms with van der Waals surface area (Å²) in [6.45, 7) is 6.91. The van der Waals surface area contributed by atoms with E-state index in [1.54, 1.807) is 0 Å². The Kier molecular flexibility index (Phi) is 9.77.